The Hall–Kier alpha value is -3.18. The lowest BCUT2D eigenvalue weighted by molar-refractivity contribution is -0.121. The number of carbonyl (C=O) groups excluding carboxylic acids is 2. The smallest absolute Gasteiger partial charge is 0.254 e. The van der Waals surface area contributed by atoms with Gasteiger partial charge in [0.1, 0.15) is 18.2 Å². The number of rotatable bonds is 5. The first-order chi connectivity index (χ1) is 15.3. The second-order valence-electron chi connectivity index (χ2n) is 7.51. The summed E-state index contributed by atoms with van der Waals surface area (Å²) in [7, 11) is 3.09. The quantitative estimate of drug-likeness (QED) is 0.584. The van der Waals surface area contributed by atoms with E-state index < -0.39 is 5.82 Å². The summed E-state index contributed by atoms with van der Waals surface area (Å²) in [6.45, 7) is 4.51. The van der Waals surface area contributed by atoms with Crippen LogP contribution in [0.4, 0.5) is 10.2 Å². The summed E-state index contributed by atoms with van der Waals surface area (Å²) in [5.41, 5.74) is 1.12. The molecule has 0 saturated heterocycles. The summed E-state index contributed by atoms with van der Waals surface area (Å²) in [6, 6.07) is 5.10. The lowest BCUT2D eigenvalue weighted by atomic mass is 10.1. The van der Waals surface area contributed by atoms with Crippen molar-refractivity contribution in [2.24, 2.45) is 0 Å². The average molecular weight is 459 g/mol. The van der Waals surface area contributed by atoms with Gasteiger partial charge in [0, 0.05) is 32.8 Å². The van der Waals surface area contributed by atoms with Gasteiger partial charge < -0.3 is 14.2 Å². The van der Waals surface area contributed by atoms with E-state index in [0.717, 1.165) is 5.69 Å². The van der Waals surface area contributed by atoms with E-state index in [0.29, 0.717) is 41.1 Å². The van der Waals surface area contributed by atoms with Gasteiger partial charge in [0.2, 0.25) is 0 Å². The minimum absolute atomic E-state index is 0.0946. The zero-order valence-corrected chi connectivity index (χ0v) is 19.0. The van der Waals surface area contributed by atoms with Gasteiger partial charge in [-0.2, -0.15) is 4.37 Å². The molecule has 3 heterocycles. The number of carbonyl (C=O) groups is 2. The summed E-state index contributed by atoms with van der Waals surface area (Å²) >= 11 is 1.24. The highest BCUT2D eigenvalue weighted by molar-refractivity contribution is 7.09. The molecule has 1 aliphatic heterocycles. The molecule has 3 aromatic rings. The number of fused-ring (bicyclic) bond motifs is 1. The summed E-state index contributed by atoms with van der Waals surface area (Å²) in [6.07, 6.45) is 0. The molecule has 0 radical (unpaired) electrons. The van der Waals surface area contributed by atoms with Gasteiger partial charge >= 0.3 is 0 Å². The van der Waals surface area contributed by atoms with Crippen LogP contribution in [0.2, 0.25) is 0 Å². The molecule has 168 valence electrons. The number of amides is 2. The monoisotopic (exact) mass is 458 g/mol. The molecule has 0 saturated carbocycles. The van der Waals surface area contributed by atoms with Crippen LogP contribution in [-0.2, 0) is 16.1 Å². The van der Waals surface area contributed by atoms with Crippen molar-refractivity contribution < 1.29 is 18.7 Å². The number of anilines is 1. The first-order valence-corrected chi connectivity index (χ1v) is 10.8. The average Bonchev–Trinajstić information content (AvgIpc) is 3.37. The summed E-state index contributed by atoms with van der Waals surface area (Å²) in [5, 5.41) is 0.646. The third kappa shape index (κ3) is 3.89. The number of imidazole rings is 1. The van der Waals surface area contributed by atoms with E-state index in [1.54, 1.807) is 18.9 Å². The van der Waals surface area contributed by atoms with Gasteiger partial charge in [-0.15, -0.1) is 0 Å². The molecule has 0 bridgehead atoms. The molecule has 0 fully saturated rings. The molecule has 1 aromatic carbocycles. The third-order valence-corrected chi connectivity index (χ3v) is 6.25. The predicted molar refractivity (Wildman–Crippen MR) is 117 cm³/mol. The van der Waals surface area contributed by atoms with E-state index in [2.05, 4.69) is 9.36 Å². The van der Waals surface area contributed by atoms with Crippen LogP contribution in [0.25, 0.3) is 10.8 Å². The number of hydrogen-bond donors (Lipinski definition) is 0. The molecule has 1 unspecified atom stereocenters. The van der Waals surface area contributed by atoms with Crippen molar-refractivity contribution in [3.05, 3.63) is 47.2 Å². The van der Waals surface area contributed by atoms with Gasteiger partial charge in [0.25, 0.3) is 11.8 Å². The molecule has 2 amide bonds. The molecule has 9 nitrogen and oxygen atoms in total. The van der Waals surface area contributed by atoms with Gasteiger partial charge in [0.05, 0.1) is 11.7 Å². The summed E-state index contributed by atoms with van der Waals surface area (Å²) in [4.78, 5) is 38.1. The number of hydrogen-bond acceptors (Lipinski definition) is 7. The molecule has 0 spiro atoms. The van der Waals surface area contributed by atoms with Crippen LogP contribution in [0.15, 0.2) is 24.3 Å². The van der Waals surface area contributed by atoms with E-state index in [1.165, 1.54) is 47.8 Å². The van der Waals surface area contributed by atoms with Crippen LogP contribution in [0.1, 0.15) is 34.8 Å². The van der Waals surface area contributed by atoms with Gasteiger partial charge in [-0.05, 0) is 49.6 Å². The van der Waals surface area contributed by atoms with E-state index in [9.17, 15) is 14.0 Å². The fourth-order valence-corrected chi connectivity index (χ4v) is 4.48. The minimum Gasteiger partial charge on any atom is -0.375 e. The molecule has 1 aliphatic rings. The number of methoxy groups -OCH3 is 1. The van der Waals surface area contributed by atoms with Crippen LogP contribution in [0.5, 0.6) is 0 Å². The van der Waals surface area contributed by atoms with E-state index in [-0.39, 0.29) is 24.5 Å². The number of benzene rings is 1. The van der Waals surface area contributed by atoms with Crippen LogP contribution in [0.3, 0.4) is 0 Å². The van der Waals surface area contributed by atoms with Crippen LogP contribution in [0, 0.1) is 12.7 Å². The van der Waals surface area contributed by atoms with E-state index in [4.69, 9.17) is 9.72 Å². The molecular weight excluding hydrogens is 435 g/mol. The third-order valence-electron chi connectivity index (χ3n) is 5.45. The summed E-state index contributed by atoms with van der Waals surface area (Å²) in [5.74, 6) is 0.823. The number of aryl methyl sites for hydroxylation is 1. The number of ether oxygens (including phenoxy) is 1. The Morgan fingerprint density at radius 3 is 2.59 bits per heavy atom. The first kappa shape index (κ1) is 22.0. The van der Waals surface area contributed by atoms with Crippen molar-refractivity contribution in [1.29, 1.82) is 0 Å². The Labute approximate surface area is 188 Å². The Balaban J connectivity index is 1.77. The standard InChI is InChI=1S/C21H23FN6O3S/c1-12-17-18(26(3)16(29)11-31-4)24-19(20-23-13(2)25-32-20)28(17)10-9-27(12)21(30)14-5-7-15(22)8-6-14/h5-8,12H,9-11H2,1-4H3. The highest BCUT2D eigenvalue weighted by Crippen LogP contribution is 2.38. The maximum Gasteiger partial charge on any atom is 0.254 e. The van der Waals surface area contributed by atoms with Crippen molar-refractivity contribution in [1.82, 2.24) is 23.8 Å². The van der Waals surface area contributed by atoms with Gasteiger partial charge in [-0.3, -0.25) is 14.5 Å². The van der Waals surface area contributed by atoms with Crippen LogP contribution >= 0.6 is 11.5 Å². The lowest BCUT2D eigenvalue weighted by Crippen LogP contribution is -2.42. The molecular formula is C21H23FN6O3S. The molecule has 0 aliphatic carbocycles. The highest BCUT2D eigenvalue weighted by atomic mass is 32.1. The molecule has 0 N–H and O–H groups in total. The predicted octanol–water partition coefficient (Wildman–Crippen LogP) is 2.68. The Bertz CT molecular complexity index is 1160. The van der Waals surface area contributed by atoms with Crippen molar-refractivity contribution in [2.75, 3.05) is 32.2 Å². The maximum absolute atomic E-state index is 13.3. The van der Waals surface area contributed by atoms with Crippen molar-refractivity contribution in [3.8, 4) is 10.8 Å². The minimum atomic E-state index is -0.399. The fourth-order valence-electron chi connectivity index (χ4n) is 3.81. The largest absolute Gasteiger partial charge is 0.375 e. The SMILES string of the molecule is COCC(=O)N(C)c1nc(-c2nc(C)ns2)n2c1C(C)N(C(=O)c1ccc(F)cc1)CC2. The van der Waals surface area contributed by atoms with Crippen LogP contribution < -0.4 is 4.90 Å². The molecule has 4 rings (SSSR count). The normalized spacial score (nSPS) is 15.5. The zero-order valence-electron chi connectivity index (χ0n) is 18.2. The maximum atomic E-state index is 13.3. The summed E-state index contributed by atoms with van der Waals surface area (Å²) < 4.78 is 24.6. The first-order valence-electron chi connectivity index (χ1n) is 10.0. The number of nitrogens with zero attached hydrogens (tertiary/aromatic N) is 6. The number of aromatic nitrogens is 4. The van der Waals surface area contributed by atoms with E-state index >= 15 is 0 Å². The lowest BCUT2D eigenvalue weighted by Gasteiger charge is -2.36. The van der Waals surface area contributed by atoms with Gasteiger partial charge in [-0.25, -0.2) is 14.4 Å². The van der Waals surface area contributed by atoms with Crippen molar-refractivity contribution in [2.45, 2.75) is 26.4 Å². The number of likely N-dealkylation sites (N-methyl/N-ethyl adjacent to an activating group) is 1. The van der Waals surface area contributed by atoms with Gasteiger partial charge in [0.15, 0.2) is 16.6 Å². The zero-order chi connectivity index (χ0) is 23.0. The topological polar surface area (TPSA) is 93.5 Å². The highest BCUT2D eigenvalue weighted by Gasteiger charge is 2.36. The molecule has 1 atom stereocenters. The second kappa shape index (κ2) is 8.75. The van der Waals surface area contributed by atoms with Crippen molar-refractivity contribution >= 4 is 29.2 Å². The second-order valence-corrected chi connectivity index (χ2v) is 8.26. The Kier molecular flexibility index (Phi) is 6.02. The molecule has 32 heavy (non-hydrogen) atoms. The Morgan fingerprint density at radius 1 is 1.25 bits per heavy atom. The van der Waals surface area contributed by atoms with Gasteiger partial charge in [-0.1, -0.05) is 0 Å². The fraction of sp³-hybridized carbons (Fsp3) is 0.381. The number of halogens is 1. The molecule has 11 heteroatoms. The van der Waals surface area contributed by atoms with Crippen molar-refractivity contribution in [3.63, 3.8) is 0 Å². The van der Waals surface area contributed by atoms with Crippen LogP contribution in [-0.4, -0.2) is 62.9 Å². The molecule has 2 aromatic heterocycles. The van der Waals surface area contributed by atoms with E-state index in [1.807, 2.05) is 11.5 Å². The Morgan fingerprint density at radius 2 is 1.97 bits per heavy atom.